The Bertz CT molecular complexity index is 1470. The van der Waals surface area contributed by atoms with Gasteiger partial charge in [0.25, 0.3) is 0 Å². The molecule has 0 spiro atoms. The first-order valence-electron chi connectivity index (χ1n) is 9.84. The number of carboxylic acids is 1. The average Bonchev–Trinajstić information content (AvgIpc) is 3.20. The molecule has 3 aromatic carbocycles. The number of aliphatic carboxylic acids is 1. The van der Waals surface area contributed by atoms with Crippen molar-refractivity contribution >= 4 is 28.7 Å². The first-order valence-corrected chi connectivity index (χ1v) is 11.1. The maximum atomic E-state index is 14.9. The van der Waals surface area contributed by atoms with Gasteiger partial charge in [-0.1, -0.05) is 6.07 Å². The second kappa shape index (κ2) is 9.14. The quantitative estimate of drug-likeness (QED) is 0.133. The highest BCUT2D eigenvalue weighted by molar-refractivity contribution is 7.99. The van der Waals surface area contributed by atoms with Crippen LogP contribution in [-0.2, 0) is 11.2 Å². The average molecular weight is 510 g/mol. The van der Waals surface area contributed by atoms with Crippen LogP contribution in [0.5, 0.6) is 11.5 Å². The third-order valence-corrected chi connectivity index (χ3v) is 6.15. The van der Waals surface area contributed by atoms with Crippen molar-refractivity contribution < 1.29 is 46.1 Å². The summed E-state index contributed by atoms with van der Waals surface area (Å²) in [5, 5.41) is 19.7. The third kappa shape index (κ3) is 3.95. The van der Waals surface area contributed by atoms with Crippen LogP contribution in [0.15, 0.2) is 39.6 Å². The third-order valence-electron chi connectivity index (χ3n) is 5.35. The molecule has 0 fully saturated rings. The number of hydrogen-bond donors (Lipinski definition) is 2. The van der Waals surface area contributed by atoms with Gasteiger partial charge < -0.3 is 19.4 Å². The molecule has 0 bridgehead atoms. The Kier molecular flexibility index (Phi) is 6.37. The van der Waals surface area contributed by atoms with Gasteiger partial charge in [0.2, 0.25) is 5.82 Å². The van der Waals surface area contributed by atoms with E-state index in [4.69, 9.17) is 9.15 Å². The topological polar surface area (TPSA) is 79.9 Å². The van der Waals surface area contributed by atoms with Gasteiger partial charge in [0.15, 0.2) is 29.0 Å². The molecular formula is C24H15F5O5S. The molecule has 0 radical (unpaired) electrons. The van der Waals surface area contributed by atoms with Gasteiger partial charge in [-0.05, 0) is 30.0 Å². The van der Waals surface area contributed by atoms with Gasteiger partial charge in [-0.15, -0.1) is 11.8 Å². The molecule has 2 N–H and O–H groups in total. The van der Waals surface area contributed by atoms with Crippen molar-refractivity contribution in [3.63, 3.8) is 0 Å². The Morgan fingerprint density at radius 1 is 0.971 bits per heavy atom. The van der Waals surface area contributed by atoms with Crippen LogP contribution in [0, 0.1) is 29.1 Å². The Morgan fingerprint density at radius 3 is 2.14 bits per heavy atom. The number of halogens is 5. The van der Waals surface area contributed by atoms with Crippen LogP contribution < -0.4 is 4.74 Å². The largest absolute Gasteiger partial charge is 0.507 e. The van der Waals surface area contributed by atoms with E-state index in [9.17, 15) is 37.0 Å². The monoisotopic (exact) mass is 510 g/mol. The fourth-order valence-electron chi connectivity index (χ4n) is 3.83. The SMILES string of the molecule is COc1ccc(-c2oc3ccc(CC(=O)O)c(-c4c(F)c(F)c(F)c(F)c4F)c3c2SC)c(O)c1. The molecule has 4 rings (SSSR count). The lowest BCUT2D eigenvalue weighted by Gasteiger charge is -2.14. The molecule has 0 aliphatic heterocycles. The molecule has 11 heteroatoms. The number of phenols is 1. The van der Waals surface area contributed by atoms with Crippen LogP contribution in [0.25, 0.3) is 33.4 Å². The van der Waals surface area contributed by atoms with Gasteiger partial charge in [-0.25, -0.2) is 22.0 Å². The van der Waals surface area contributed by atoms with Crippen molar-refractivity contribution in [2.24, 2.45) is 0 Å². The molecular weight excluding hydrogens is 495 g/mol. The minimum absolute atomic E-state index is 0.0207. The number of carboxylic acid groups (broad SMARTS) is 1. The van der Waals surface area contributed by atoms with Crippen molar-refractivity contribution in [1.82, 2.24) is 0 Å². The number of hydrogen-bond acceptors (Lipinski definition) is 5. The number of furan rings is 1. The fraction of sp³-hybridized carbons (Fsp3) is 0.125. The first-order chi connectivity index (χ1) is 16.6. The van der Waals surface area contributed by atoms with E-state index in [0.717, 1.165) is 11.8 Å². The maximum Gasteiger partial charge on any atom is 0.307 e. The lowest BCUT2D eigenvalue weighted by molar-refractivity contribution is -0.136. The summed E-state index contributed by atoms with van der Waals surface area (Å²) in [5.74, 6) is -12.2. The molecule has 0 unspecified atom stereocenters. The number of thioether (sulfide) groups is 1. The van der Waals surface area contributed by atoms with Crippen molar-refractivity contribution in [2.45, 2.75) is 11.3 Å². The highest BCUT2D eigenvalue weighted by atomic mass is 32.2. The van der Waals surface area contributed by atoms with E-state index in [1.54, 1.807) is 6.26 Å². The van der Waals surface area contributed by atoms with E-state index in [1.165, 1.54) is 37.4 Å². The molecule has 0 amide bonds. The van der Waals surface area contributed by atoms with E-state index in [1.807, 2.05) is 0 Å². The highest BCUT2D eigenvalue weighted by Crippen LogP contribution is 2.48. The van der Waals surface area contributed by atoms with Crippen molar-refractivity contribution in [1.29, 1.82) is 0 Å². The number of ether oxygens (including phenoxy) is 1. The van der Waals surface area contributed by atoms with Gasteiger partial charge in [0, 0.05) is 17.0 Å². The highest BCUT2D eigenvalue weighted by Gasteiger charge is 2.32. The Balaban J connectivity index is 2.16. The fourth-order valence-corrected chi connectivity index (χ4v) is 4.57. The number of methoxy groups -OCH3 is 1. The van der Waals surface area contributed by atoms with E-state index in [-0.39, 0.29) is 38.5 Å². The van der Waals surface area contributed by atoms with Crippen LogP contribution in [0.2, 0.25) is 0 Å². The van der Waals surface area contributed by atoms with Crippen LogP contribution in [-0.4, -0.2) is 29.5 Å². The number of fused-ring (bicyclic) bond motifs is 1. The minimum atomic E-state index is -2.34. The summed E-state index contributed by atoms with van der Waals surface area (Å²) in [5.41, 5.74) is -1.84. The van der Waals surface area contributed by atoms with E-state index >= 15 is 0 Å². The standard InChI is InChI=1S/C24H15F5O5S/c1-33-10-4-5-11(12(30)8-10)23-24(35-2)16-13(34-23)6-3-9(7-14(31)32)15(16)17-18(25)20(27)22(29)21(28)19(17)26/h3-6,8,30H,7H2,1-2H3,(H,31,32). The lowest BCUT2D eigenvalue weighted by Crippen LogP contribution is -2.08. The van der Waals surface area contributed by atoms with Crippen LogP contribution in [0.1, 0.15) is 5.56 Å². The minimum Gasteiger partial charge on any atom is -0.507 e. The molecule has 182 valence electrons. The predicted octanol–water partition coefficient (Wildman–Crippen LogP) is 6.53. The summed E-state index contributed by atoms with van der Waals surface area (Å²) in [6.45, 7) is 0. The van der Waals surface area contributed by atoms with Gasteiger partial charge in [0.05, 0.1) is 29.6 Å². The predicted molar refractivity (Wildman–Crippen MR) is 118 cm³/mol. The number of benzene rings is 3. The second-order valence-electron chi connectivity index (χ2n) is 7.34. The summed E-state index contributed by atoms with van der Waals surface area (Å²) >= 11 is 1.01. The first kappa shape index (κ1) is 24.4. The molecule has 0 atom stereocenters. The number of carbonyl (C=O) groups is 1. The smallest absolute Gasteiger partial charge is 0.307 e. The maximum absolute atomic E-state index is 14.9. The normalized spacial score (nSPS) is 11.3. The lowest BCUT2D eigenvalue weighted by atomic mass is 9.92. The zero-order valence-electron chi connectivity index (χ0n) is 18.0. The zero-order valence-corrected chi connectivity index (χ0v) is 18.8. The molecule has 4 aromatic rings. The molecule has 1 heterocycles. The van der Waals surface area contributed by atoms with Crippen molar-refractivity contribution in [2.75, 3.05) is 13.4 Å². The Labute approximate surface area is 198 Å². The zero-order chi connectivity index (χ0) is 25.6. The molecule has 35 heavy (non-hydrogen) atoms. The van der Waals surface area contributed by atoms with Gasteiger partial charge >= 0.3 is 5.97 Å². The van der Waals surface area contributed by atoms with Crippen LogP contribution in [0.3, 0.4) is 0 Å². The van der Waals surface area contributed by atoms with E-state index in [0.29, 0.717) is 5.75 Å². The van der Waals surface area contributed by atoms with Gasteiger partial charge in [0.1, 0.15) is 17.1 Å². The number of phenolic OH excluding ortho intramolecular Hbond substituents is 1. The summed E-state index contributed by atoms with van der Waals surface area (Å²) in [6, 6.07) is 6.78. The number of aromatic hydroxyl groups is 1. The second-order valence-corrected chi connectivity index (χ2v) is 8.15. The van der Waals surface area contributed by atoms with Crippen molar-refractivity contribution in [3.05, 3.63) is 65.0 Å². The van der Waals surface area contributed by atoms with Gasteiger partial charge in [-0.3, -0.25) is 4.79 Å². The number of rotatable bonds is 6. The summed E-state index contributed by atoms with van der Waals surface area (Å²) < 4.78 is 82.6. The molecule has 0 saturated heterocycles. The molecule has 5 nitrogen and oxygen atoms in total. The van der Waals surface area contributed by atoms with Crippen LogP contribution >= 0.6 is 11.8 Å². The van der Waals surface area contributed by atoms with E-state index < -0.39 is 52.6 Å². The Morgan fingerprint density at radius 2 is 1.60 bits per heavy atom. The molecule has 0 aliphatic carbocycles. The summed E-state index contributed by atoms with van der Waals surface area (Å²) in [4.78, 5) is 11.6. The molecule has 0 aliphatic rings. The van der Waals surface area contributed by atoms with Crippen LogP contribution in [0.4, 0.5) is 22.0 Å². The van der Waals surface area contributed by atoms with Gasteiger partial charge in [-0.2, -0.15) is 0 Å². The Hall–Kier alpha value is -3.73. The summed E-state index contributed by atoms with van der Waals surface area (Å²) in [7, 11) is 1.39. The van der Waals surface area contributed by atoms with Crippen molar-refractivity contribution in [3.8, 4) is 33.9 Å². The summed E-state index contributed by atoms with van der Waals surface area (Å²) in [6.07, 6.45) is 0.799. The molecule has 1 aromatic heterocycles. The molecule has 0 saturated carbocycles. The van der Waals surface area contributed by atoms with E-state index in [2.05, 4.69) is 0 Å².